The molecule has 0 saturated carbocycles. The molecule has 1 fully saturated rings. The molecule has 1 rings (SSSR count). The van der Waals surface area contributed by atoms with Gasteiger partial charge in [0.1, 0.15) is 0 Å². The van der Waals surface area contributed by atoms with E-state index >= 15 is 0 Å². The molecule has 1 saturated heterocycles. The Kier molecular flexibility index (Phi) is 4.90. The molecular weight excluding hydrogens is 180 g/mol. The normalized spacial score (nSPS) is 19.6. The van der Waals surface area contributed by atoms with Crippen LogP contribution in [0.5, 0.6) is 0 Å². The van der Waals surface area contributed by atoms with Gasteiger partial charge in [0.05, 0.1) is 13.5 Å². The van der Waals surface area contributed by atoms with Gasteiger partial charge < -0.3 is 14.5 Å². The van der Waals surface area contributed by atoms with E-state index in [0.717, 1.165) is 39.3 Å². The lowest BCUT2D eigenvalue weighted by atomic mass is 10.3. The molecule has 4 heteroatoms. The van der Waals surface area contributed by atoms with Crippen LogP contribution in [0.25, 0.3) is 0 Å². The maximum Gasteiger partial charge on any atom is 0.306 e. The third kappa shape index (κ3) is 3.64. The Balaban J connectivity index is 2.13. The van der Waals surface area contributed by atoms with Crippen LogP contribution >= 0.6 is 0 Å². The van der Waals surface area contributed by atoms with E-state index in [-0.39, 0.29) is 5.97 Å². The summed E-state index contributed by atoms with van der Waals surface area (Å²) in [6, 6.07) is 0. The van der Waals surface area contributed by atoms with E-state index in [4.69, 9.17) is 0 Å². The fourth-order valence-electron chi connectivity index (χ4n) is 1.68. The van der Waals surface area contributed by atoms with E-state index in [0.29, 0.717) is 6.42 Å². The standard InChI is InChI=1S/C10H20N2O2/c1-3-11-6-8-12(9-7-11)5-4-10(13)14-2/h3-9H2,1-2H3. The second-order valence-corrected chi connectivity index (χ2v) is 3.60. The van der Waals surface area contributed by atoms with Gasteiger partial charge in [-0.15, -0.1) is 0 Å². The lowest BCUT2D eigenvalue weighted by molar-refractivity contribution is -0.141. The zero-order valence-electron chi connectivity index (χ0n) is 9.16. The second-order valence-electron chi connectivity index (χ2n) is 3.60. The molecule has 0 N–H and O–H groups in total. The number of methoxy groups -OCH3 is 1. The molecule has 0 bridgehead atoms. The molecule has 1 aliphatic rings. The van der Waals surface area contributed by atoms with Crippen molar-refractivity contribution >= 4 is 5.97 Å². The van der Waals surface area contributed by atoms with E-state index in [9.17, 15) is 4.79 Å². The quantitative estimate of drug-likeness (QED) is 0.606. The third-order valence-electron chi connectivity index (χ3n) is 2.77. The number of hydrogen-bond donors (Lipinski definition) is 0. The molecule has 0 aromatic heterocycles. The molecule has 0 aliphatic carbocycles. The van der Waals surface area contributed by atoms with Crippen LogP contribution in [0.2, 0.25) is 0 Å². The highest BCUT2D eigenvalue weighted by Gasteiger charge is 2.15. The van der Waals surface area contributed by atoms with Crippen molar-refractivity contribution in [1.82, 2.24) is 9.80 Å². The van der Waals surface area contributed by atoms with Gasteiger partial charge >= 0.3 is 5.97 Å². The van der Waals surface area contributed by atoms with Crippen LogP contribution < -0.4 is 0 Å². The minimum atomic E-state index is -0.108. The summed E-state index contributed by atoms with van der Waals surface area (Å²) < 4.78 is 4.61. The Morgan fingerprint density at radius 2 is 1.79 bits per heavy atom. The second kappa shape index (κ2) is 5.98. The van der Waals surface area contributed by atoms with Gasteiger partial charge in [0.2, 0.25) is 0 Å². The summed E-state index contributed by atoms with van der Waals surface area (Å²) in [6.07, 6.45) is 0.516. The SMILES string of the molecule is CCN1CCN(CCC(=O)OC)CC1. The summed E-state index contributed by atoms with van der Waals surface area (Å²) in [4.78, 5) is 15.7. The van der Waals surface area contributed by atoms with Gasteiger partial charge in [-0.3, -0.25) is 4.79 Å². The first-order valence-corrected chi connectivity index (χ1v) is 5.27. The fourth-order valence-corrected chi connectivity index (χ4v) is 1.68. The highest BCUT2D eigenvalue weighted by atomic mass is 16.5. The molecular formula is C10H20N2O2. The van der Waals surface area contributed by atoms with Crippen LogP contribution in [0.15, 0.2) is 0 Å². The number of hydrogen-bond acceptors (Lipinski definition) is 4. The van der Waals surface area contributed by atoms with E-state index < -0.39 is 0 Å². The predicted octanol–water partition coefficient (Wildman–Crippen LogP) is 0.187. The maximum absolute atomic E-state index is 10.9. The monoisotopic (exact) mass is 200 g/mol. The van der Waals surface area contributed by atoms with Crippen LogP contribution in [0.4, 0.5) is 0 Å². The van der Waals surface area contributed by atoms with Crippen molar-refractivity contribution in [2.24, 2.45) is 0 Å². The average molecular weight is 200 g/mol. The molecule has 0 aromatic rings. The molecule has 0 unspecified atom stereocenters. The Morgan fingerprint density at radius 3 is 2.29 bits per heavy atom. The lowest BCUT2D eigenvalue weighted by Crippen LogP contribution is -2.46. The van der Waals surface area contributed by atoms with Crippen LogP contribution in [-0.2, 0) is 9.53 Å². The molecule has 0 aromatic carbocycles. The van der Waals surface area contributed by atoms with E-state index in [1.807, 2.05) is 0 Å². The highest BCUT2D eigenvalue weighted by molar-refractivity contribution is 5.69. The van der Waals surface area contributed by atoms with E-state index in [1.165, 1.54) is 7.11 Å². The van der Waals surface area contributed by atoms with Gasteiger partial charge in [0, 0.05) is 32.7 Å². The smallest absolute Gasteiger partial charge is 0.306 e. The first-order chi connectivity index (χ1) is 6.76. The number of carbonyl (C=O) groups is 1. The summed E-state index contributed by atoms with van der Waals surface area (Å²) in [6.45, 7) is 8.55. The molecule has 0 spiro atoms. The number of carbonyl (C=O) groups excluding carboxylic acids is 1. The molecule has 82 valence electrons. The first kappa shape index (κ1) is 11.5. The number of likely N-dealkylation sites (N-methyl/N-ethyl adjacent to an activating group) is 1. The summed E-state index contributed by atoms with van der Waals surface area (Å²) in [5.41, 5.74) is 0. The number of esters is 1. The zero-order chi connectivity index (χ0) is 10.4. The van der Waals surface area contributed by atoms with Gasteiger partial charge in [-0.1, -0.05) is 6.92 Å². The number of nitrogens with zero attached hydrogens (tertiary/aromatic N) is 2. The van der Waals surface area contributed by atoms with Crippen LogP contribution in [0.1, 0.15) is 13.3 Å². The Hall–Kier alpha value is -0.610. The van der Waals surface area contributed by atoms with Crippen LogP contribution in [0.3, 0.4) is 0 Å². The van der Waals surface area contributed by atoms with Gasteiger partial charge in [-0.2, -0.15) is 0 Å². The highest BCUT2D eigenvalue weighted by Crippen LogP contribution is 2.02. The maximum atomic E-state index is 10.9. The topological polar surface area (TPSA) is 32.8 Å². The van der Waals surface area contributed by atoms with E-state index in [1.54, 1.807) is 0 Å². The molecule has 1 aliphatic heterocycles. The van der Waals surface area contributed by atoms with Crippen molar-refractivity contribution in [3.8, 4) is 0 Å². The van der Waals surface area contributed by atoms with Crippen molar-refractivity contribution in [2.75, 3.05) is 46.4 Å². The number of rotatable bonds is 4. The predicted molar refractivity (Wildman–Crippen MR) is 55.2 cm³/mol. The molecule has 4 nitrogen and oxygen atoms in total. The van der Waals surface area contributed by atoms with Crippen molar-refractivity contribution < 1.29 is 9.53 Å². The van der Waals surface area contributed by atoms with Gasteiger partial charge in [0.25, 0.3) is 0 Å². The average Bonchev–Trinajstić information content (AvgIpc) is 2.26. The largest absolute Gasteiger partial charge is 0.469 e. The number of piperazine rings is 1. The summed E-state index contributed by atoms with van der Waals surface area (Å²) in [5, 5.41) is 0. The van der Waals surface area contributed by atoms with Gasteiger partial charge in [-0.05, 0) is 6.54 Å². The molecule has 1 heterocycles. The fraction of sp³-hybridized carbons (Fsp3) is 0.900. The first-order valence-electron chi connectivity index (χ1n) is 5.27. The number of ether oxygens (including phenoxy) is 1. The Morgan fingerprint density at radius 1 is 1.21 bits per heavy atom. The van der Waals surface area contributed by atoms with Gasteiger partial charge in [0.15, 0.2) is 0 Å². The van der Waals surface area contributed by atoms with Crippen molar-refractivity contribution in [2.45, 2.75) is 13.3 Å². The summed E-state index contributed by atoms with van der Waals surface area (Å²) >= 11 is 0. The summed E-state index contributed by atoms with van der Waals surface area (Å²) in [7, 11) is 1.44. The van der Waals surface area contributed by atoms with Crippen LogP contribution in [0, 0.1) is 0 Å². The summed E-state index contributed by atoms with van der Waals surface area (Å²) in [5.74, 6) is -0.108. The van der Waals surface area contributed by atoms with Crippen molar-refractivity contribution in [3.63, 3.8) is 0 Å². The van der Waals surface area contributed by atoms with E-state index in [2.05, 4.69) is 21.5 Å². The van der Waals surface area contributed by atoms with Gasteiger partial charge in [-0.25, -0.2) is 0 Å². The van der Waals surface area contributed by atoms with Crippen LogP contribution in [-0.4, -0.2) is 62.1 Å². The Labute approximate surface area is 85.8 Å². The minimum Gasteiger partial charge on any atom is -0.469 e. The lowest BCUT2D eigenvalue weighted by Gasteiger charge is -2.33. The molecule has 14 heavy (non-hydrogen) atoms. The van der Waals surface area contributed by atoms with Crippen molar-refractivity contribution in [1.29, 1.82) is 0 Å². The Bertz CT molecular complexity index is 177. The molecule has 0 atom stereocenters. The van der Waals surface area contributed by atoms with Crippen molar-refractivity contribution in [3.05, 3.63) is 0 Å². The zero-order valence-corrected chi connectivity index (χ0v) is 9.16. The third-order valence-corrected chi connectivity index (χ3v) is 2.77. The molecule has 0 radical (unpaired) electrons. The molecule has 0 amide bonds. The minimum absolute atomic E-state index is 0.108.